The Morgan fingerprint density at radius 1 is 1.07 bits per heavy atom. The molecule has 0 bridgehead atoms. The number of benzene rings is 3. The second-order valence-corrected chi connectivity index (χ2v) is 15.4. The SMILES string of the molecule is CNS(=O)(=O)c1cccc(OC[C@@H](O)CN[C@@H]2COC3(CCN(S(=O)(=O)c4cccc(-c5ccc(CN)cc5)c4OC)CC3)C2)c1. The largest absolute Gasteiger partial charge is 0.495 e. The lowest BCUT2D eigenvalue weighted by atomic mass is 9.88. The molecule has 5 N–H and O–H groups in total. The molecule has 0 aliphatic carbocycles. The van der Waals surface area contributed by atoms with Crippen molar-refractivity contribution >= 4 is 20.0 Å². The van der Waals surface area contributed by atoms with Crippen LogP contribution in [0.5, 0.6) is 11.5 Å². The quantitative estimate of drug-likeness (QED) is 0.211. The molecule has 0 unspecified atom stereocenters. The first-order chi connectivity index (χ1) is 22.0. The molecule has 0 saturated carbocycles. The van der Waals surface area contributed by atoms with Gasteiger partial charge in [0.2, 0.25) is 20.0 Å². The zero-order valence-electron chi connectivity index (χ0n) is 26.0. The lowest BCUT2D eigenvalue weighted by molar-refractivity contribution is -0.0312. The molecule has 2 saturated heterocycles. The first kappa shape index (κ1) is 34.3. The Kier molecular flexibility index (Phi) is 10.7. The van der Waals surface area contributed by atoms with E-state index in [0.29, 0.717) is 62.6 Å². The summed E-state index contributed by atoms with van der Waals surface area (Å²) in [6.45, 7) is 1.72. The molecule has 3 aromatic rings. The molecule has 1 spiro atoms. The van der Waals surface area contributed by atoms with Gasteiger partial charge in [-0.25, -0.2) is 21.6 Å². The van der Waals surface area contributed by atoms with Crippen molar-refractivity contribution in [3.8, 4) is 22.6 Å². The molecular formula is C32H42N4O8S2. The smallest absolute Gasteiger partial charge is 0.246 e. The van der Waals surface area contributed by atoms with Gasteiger partial charge < -0.3 is 30.4 Å². The van der Waals surface area contributed by atoms with Crippen LogP contribution in [0.25, 0.3) is 11.1 Å². The number of para-hydroxylation sites is 1. The molecule has 0 radical (unpaired) electrons. The number of aliphatic hydroxyl groups is 1. The van der Waals surface area contributed by atoms with Crippen LogP contribution in [0.2, 0.25) is 0 Å². The highest BCUT2D eigenvalue weighted by Crippen LogP contribution is 2.41. The van der Waals surface area contributed by atoms with E-state index in [-0.39, 0.29) is 29.0 Å². The molecule has 2 aliphatic heterocycles. The van der Waals surface area contributed by atoms with Crippen LogP contribution in [0.1, 0.15) is 24.8 Å². The molecule has 5 rings (SSSR count). The van der Waals surface area contributed by atoms with E-state index in [2.05, 4.69) is 10.0 Å². The minimum absolute atomic E-state index is 0.00987. The molecule has 14 heteroatoms. The molecule has 2 heterocycles. The molecule has 0 aromatic heterocycles. The summed E-state index contributed by atoms with van der Waals surface area (Å²) in [5, 5.41) is 13.8. The van der Waals surface area contributed by atoms with E-state index in [9.17, 15) is 21.9 Å². The zero-order chi connectivity index (χ0) is 33.0. The van der Waals surface area contributed by atoms with Crippen LogP contribution in [0.15, 0.2) is 76.5 Å². The third kappa shape index (κ3) is 7.55. The van der Waals surface area contributed by atoms with E-state index in [1.807, 2.05) is 30.3 Å². The topological polar surface area (TPSA) is 170 Å². The van der Waals surface area contributed by atoms with Crippen LogP contribution >= 0.6 is 0 Å². The number of piperidine rings is 1. The van der Waals surface area contributed by atoms with Gasteiger partial charge in [0, 0.05) is 43.9 Å². The van der Waals surface area contributed by atoms with Crippen molar-refractivity contribution in [2.24, 2.45) is 5.73 Å². The standard InChI is InChI=1S/C32H42N4O8S2/c1-34-45(38,39)28-6-3-5-27(17-28)43-22-26(37)20-35-25-18-32(44-21-25)13-15-36(16-14-32)46(40,41)30-8-4-7-29(31(30)42-2)24-11-9-23(19-33)10-12-24/h3-12,17,25-26,34-35,37H,13-16,18-22,33H2,1-2H3/t25-,26-/m0/s1. The van der Waals surface area contributed by atoms with Gasteiger partial charge in [-0.1, -0.05) is 42.5 Å². The summed E-state index contributed by atoms with van der Waals surface area (Å²) in [6.07, 6.45) is 0.947. The van der Waals surface area contributed by atoms with Crippen molar-refractivity contribution in [3.63, 3.8) is 0 Å². The van der Waals surface area contributed by atoms with Crippen LogP contribution in [0.3, 0.4) is 0 Å². The van der Waals surface area contributed by atoms with E-state index < -0.39 is 31.8 Å². The van der Waals surface area contributed by atoms with E-state index in [1.54, 1.807) is 24.3 Å². The molecule has 12 nitrogen and oxygen atoms in total. The number of hydrogen-bond acceptors (Lipinski definition) is 10. The molecule has 0 amide bonds. The van der Waals surface area contributed by atoms with Crippen molar-refractivity contribution in [2.75, 3.05) is 47.0 Å². The van der Waals surface area contributed by atoms with Crippen molar-refractivity contribution < 1.29 is 36.2 Å². The highest BCUT2D eigenvalue weighted by molar-refractivity contribution is 7.89. The summed E-state index contributed by atoms with van der Waals surface area (Å²) in [5.41, 5.74) is 7.80. The first-order valence-electron chi connectivity index (χ1n) is 15.2. The lowest BCUT2D eigenvalue weighted by Crippen LogP contribution is -2.47. The Balaban J connectivity index is 1.14. The summed E-state index contributed by atoms with van der Waals surface area (Å²) in [6, 6.07) is 18.9. The average Bonchev–Trinajstić information content (AvgIpc) is 3.48. The van der Waals surface area contributed by atoms with Crippen LogP contribution < -0.4 is 25.2 Å². The molecule has 3 aromatic carbocycles. The highest BCUT2D eigenvalue weighted by atomic mass is 32.2. The normalized spacial score (nSPS) is 19.3. The lowest BCUT2D eigenvalue weighted by Gasteiger charge is -2.38. The Morgan fingerprint density at radius 3 is 2.46 bits per heavy atom. The van der Waals surface area contributed by atoms with Crippen molar-refractivity contribution in [2.45, 2.75) is 53.3 Å². The number of methoxy groups -OCH3 is 1. The van der Waals surface area contributed by atoms with Crippen LogP contribution in [0, 0.1) is 0 Å². The summed E-state index contributed by atoms with van der Waals surface area (Å²) in [5.74, 6) is 0.647. The first-order valence-corrected chi connectivity index (χ1v) is 18.1. The Hall–Kier alpha value is -3.08. The summed E-state index contributed by atoms with van der Waals surface area (Å²) < 4.78 is 73.0. The predicted molar refractivity (Wildman–Crippen MR) is 174 cm³/mol. The van der Waals surface area contributed by atoms with E-state index in [1.165, 1.54) is 30.6 Å². The van der Waals surface area contributed by atoms with Gasteiger partial charge in [0.1, 0.15) is 29.1 Å². The summed E-state index contributed by atoms with van der Waals surface area (Å²) >= 11 is 0. The number of nitrogens with one attached hydrogen (secondary N) is 2. The fraction of sp³-hybridized carbons (Fsp3) is 0.438. The number of aliphatic hydroxyl groups excluding tert-OH is 1. The number of rotatable bonds is 13. The van der Waals surface area contributed by atoms with Gasteiger partial charge in [0.15, 0.2) is 0 Å². The third-order valence-electron chi connectivity index (χ3n) is 8.61. The van der Waals surface area contributed by atoms with E-state index >= 15 is 0 Å². The molecule has 2 aliphatic rings. The minimum Gasteiger partial charge on any atom is -0.495 e. The fourth-order valence-electron chi connectivity index (χ4n) is 5.98. The van der Waals surface area contributed by atoms with Gasteiger partial charge in [-0.05, 0) is 55.6 Å². The Labute approximate surface area is 270 Å². The second kappa shape index (κ2) is 14.4. The second-order valence-electron chi connectivity index (χ2n) is 11.6. The molecular weight excluding hydrogens is 633 g/mol. The highest BCUT2D eigenvalue weighted by Gasteiger charge is 2.45. The summed E-state index contributed by atoms with van der Waals surface area (Å²) in [7, 11) is -4.62. The van der Waals surface area contributed by atoms with E-state index in [0.717, 1.165) is 11.1 Å². The maximum absolute atomic E-state index is 13.8. The number of nitrogens with two attached hydrogens (primary N) is 1. The number of hydrogen-bond donors (Lipinski definition) is 4. The molecule has 46 heavy (non-hydrogen) atoms. The van der Waals surface area contributed by atoms with Crippen molar-refractivity contribution in [3.05, 3.63) is 72.3 Å². The van der Waals surface area contributed by atoms with Crippen molar-refractivity contribution in [1.82, 2.24) is 14.3 Å². The fourth-order valence-corrected chi connectivity index (χ4v) is 8.36. The van der Waals surface area contributed by atoms with Crippen LogP contribution in [0.4, 0.5) is 0 Å². The average molecular weight is 675 g/mol. The van der Waals surface area contributed by atoms with Crippen molar-refractivity contribution in [1.29, 1.82) is 0 Å². The van der Waals surface area contributed by atoms with Gasteiger partial charge in [-0.3, -0.25) is 0 Å². The molecule has 2 fully saturated rings. The molecule has 250 valence electrons. The number of sulfonamides is 2. The number of nitrogens with zero attached hydrogens (tertiary/aromatic N) is 1. The Morgan fingerprint density at radius 2 is 1.78 bits per heavy atom. The van der Waals surface area contributed by atoms with Crippen LogP contribution in [-0.4, -0.2) is 91.0 Å². The van der Waals surface area contributed by atoms with Gasteiger partial charge >= 0.3 is 0 Å². The van der Waals surface area contributed by atoms with Gasteiger partial charge in [-0.15, -0.1) is 0 Å². The minimum atomic E-state index is -3.84. The maximum atomic E-state index is 13.8. The summed E-state index contributed by atoms with van der Waals surface area (Å²) in [4.78, 5) is 0.207. The monoisotopic (exact) mass is 674 g/mol. The molecule has 2 atom stereocenters. The van der Waals surface area contributed by atoms with E-state index in [4.69, 9.17) is 19.9 Å². The third-order valence-corrected chi connectivity index (χ3v) is 11.9. The zero-order valence-corrected chi connectivity index (χ0v) is 27.6. The van der Waals surface area contributed by atoms with Crippen LogP contribution in [-0.2, 0) is 31.3 Å². The maximum Gasteiger partial charge on any atom is 0.246 e. The van der Waals surface area contributed by atoms with Gasteiger partial charge in [-0.2, -0.15) is 4.31 Å². The van der Waals surface area contributed by atoms with Gasteiger partial charge in [0.05, 0.1) is 24.2 Å². The number of ether oxygens (including phenoxy) is 3. The predicted octanol–water partition coefficient (Wildman–Crippen LogP) is 2.07. The van der Waals surface area contributed by atoms with Gasteiger partial charge in [0.25, 0.3) is 0 Å². The Bertz CT molecular complexity index is 1710.